The fourth-order valence-electron chi connectivity index (χ4n) is 1.09. The van der Waals surface area contributed by atoms with Gasteiger partial charge in [-0.1, -0.05) is 0 Å². The maximum absolute atomic E-state index is 10.6. The average molecular weight is 428 g/mol. The first kappa shape index (κ1) is 11.1. The van der Waals surface area contributed by atoms with E-state index in [-0.39, 0.29) is 34.3 Å². The molecule has 0 atom stereocenters. The Labute approximate surface area is 104 Å². The van der Waals surface area contributed by atoms with Crippen LogP contribution in [-0.2, 0) is 4.79 Å². The van der Waals surface area contributed by atoms with Crippen LogP contribution in [0.4, 0.5) is 5.69 Å². The normalized spacial score (nSPS) is 16.1. The van der Waals surface area contributed by atoms with E-state index >= 15 is 0 Å². The molecule has 0 radical (unpaired) electrons. The minimum absolute atomic E-state index is 0.195. The number of carbonyl (C=O) groups is 1. The van der Waals surface area contributed by atoms with Crippen LogP contribution in [-0.4, -0.2) is 10.0 Å². The molecule has 1 aliphatic heterocycles. The molecule has 0 spiro atoms. The molecule has 0 saturated heterocycles. The summed E-state index contributed by atoms with van der Waals surface area (Å²) >= 11 is -0.404. The zero-order chi connectivity index (χ0) is 10.7. The van der Waals surface area contributed by atoms with Crippen LogP contribution in [0.25, 0.3) is 0 Å². The van der Waals surface area contributed by atoms with Gasteiger partial charge >= 0.3 is 105 Å². The molecular weight excluding hydrogens is 420 g/mol. The summed E-state index contributed by atoms with van der Waals surface area (Å²) in [4.78, 5) is 10.6. The molecule has 6 heteroatoms. The Kier molecular flexibility index (Phi) is 3.78. The zero-order valence-corrected chi connectivity index (χ0v) is 12.2. The van der Waals surface area contributed by atoms with Gasteiger partial charge in [-0.2, -0.15) is 0 Å². The van der Waals surface area contributed by atoms with Gasteiger partial charge in [0.2, 0.25) is 0 Å². The third kappa shape index (κ3) is 2.80. The van der Waals surface area contributed by atoms with E-state index in [0.717, 1.165) is 12.0 Å². The summed E-state index contributed by atoms with van der Waals surface area (Å²) in [7, 11) is 0. The van der Waals surface area contributed by atoms with Gasteiger partial charge in [0.15, 0.2) is 0 Å². The van der Waals surface area contributed by atoms with Crippen molar-refractivity contribution in [1.82, 2.24) is 0 Å². The Bertz CT molecular complexity index is 445. The Hall–Kier alpha value is -0.380. The third-order valence-corrected chi connectivity index (χ3v) is 8.49. The molecule has 0 bridgehead atoms. The van der Waals surface area contributed by atoms with Gasteiger partial charge in [-0.15, -0.1) is 0 Å². The summed E-state index contributed by atoms with van der Waals surface area (Å²) < 4.78 is 5.09. The Morgan fingerprint density at radius 1 is 1.53 bits per heavy atom. The number of hydrogen-bond donors (Lipinski definition) is 0. The number of hydrogen-bond acceptors (Lipinski definition) is 4. The summed E-state index contributed by atoms with van der Waals surface area (Å²) in [6, 6.07) is 7.97. The Balaban J connectivity index is 2.31. The number of rotatable bonds is 2. The minimum atomic E-state index is -0.209. The molecule has 0 fully saturated rings. The number of nitrogens with zero attached hydrogens (tertiary/aromatic N) is 3. The van der Waals surface area contributed by atoms with Gasteiger partial charge in [0.25, 0.3) is 0 Å². The molecule has 1 aliphatic rings. The van der Waals surface area contributed by atoms with Gasteiger partial charge in [-0.05, 0) is 0 Å². The van der Waals surface area contributed by atoms with Crippen molar-refractivity contribution in [2.75, 3.05) is 5.12 Å². The van der Waals surface area contributed by atoms with Gasteiger partial charge in [0, 0.05) is 0 Å². The number of halogens is 2. The van der Waals surface area contributed by atoms with E-state index in [2.05, 4.69) is 8.36 Å². The van der Waals surface area contributed by atoms with Crippen LogP contribution in [0.3, 0.4) is 0 Å². The van der Waals surface area contributed by atoms with Gasteiger partial charge in [-0.25, -0.2) is 0 Å². The van der Waals surface area contributed by atoms with E-state index in [1.807, 2.05) is 31.2 Å². The molecule has 0 aromatic heterocycles. The molecule has 0 amide bonds. The molecule has 1 aromatic rings. The van der Waals surface area contributed by atoms with Gasteiger partial charge in [0.05, 0.1) is 0 Å². The van der Waals surface area contributed by atoms with E-state index in [1.54, 1.807) is 5.12 Å². The molecular formula is C9H8I2N3O-. The Morgan fingerprint density at radius 2 is 2.40 bits per heavy atom. The van der Waals surface area contributed by atoms with Crippen molar-refractivity contribution in [2.24, 2.45) is 8.36 Å². The standard InChI is InChI=1S/C9H8I2N3O/c1-7-3-2-4-8(5-7)14-12-9(6-15)10-11-13-14/h2-6H,1H3/q-1. The van der Waals surface area contributed by atoms with E-state index in [1.165, 1.54) is 5.56 Å². The van der Waals surface area contributed by atoms with Crippen molar-refractivity contribution in [1.29, 1.82) is 0 Å². The first-order valence-electron chi connectivity index (χ1n) is 4.19. The Morgan fingerprint density at radius 3 is 3.13 bits per heavy atom. The fourth-order valence-corrected chi connectivity index (χ4v) is 6.27. The molecule has 0 aliphatic carbocycles. The molecule has 2 rings (SSSR count). The molecule has 0 N–H and O–H groups in total. The van der Waals surface area contributed by atoms with Crippen LogP contribution in [0.2, 0.25) is 0 Å². The fraction of sp³-hybridized carbons (Fsp3) is 0.111. The number of anilines is 1. The van der Waals surface area contributed by atoms with Crippen molar-refractivity contribution in [3.8, 4) is 0 Å². The van der Waals surface area contributed by atoms with E-state index in [9.17, 15) is 4.79 Å². The molecule has 0 saturated carbocycles. The van der Waals surface area contributed by atoms with Crippen molar-refractivity contribution in [2.45, 2.75) is 6.92 Å². The van der Waals surface area contributed by atoms with Crippen molar-refractivity contribution in [3.63, 3.8) is 0 Å². The first-order chi connectivity index (χ1) is 7.29. The third-order valence-electron chi connectivity index (χ3n) is 1.73. The number of hydrazone groups is 1. The van der Waals surface area contributed by atoms with E-state index < -0.39 is 0 Å². The number of aryl methyl sites for hydroxylation is 1. The summed E-state index contributed by atoms with van der Waals surface area (Å²) in [5, 5.41) is 5.81. The van der Waals surface area contributed by atoms with Crippen LogP contribution in [0, 0.1) is 6.92 Å². The summed E-state index contributed by atoms with van der Waals surface area (Å²) in [6.45, 7) is 2.03. The predicted octanol–water partition coefficient (Wildman–Crippen LogP) is -0.599. The molecule has 1 heterocycles. The molecule has 15 heavy (non-hydrogen) atoms. The van der Waals surface area contributed by atoms with Crippen molar-refractivity contribution in [3.05, 3.63) is 29.8 Å². The quantitative estimate of drug-likeness (QED) is 0.467. The van der Waals surface area contributed by atoms with Crippen molar-refractivity contribution < 1.29 is 22.0 Å². The van der Waals surface area contributed by atoms with Gasteiger partial charge in [0.1, 0.15) is 0 Å². The number of aldehydes is 1. The molecule has 4 nitrogen and oxygen atoms in total. The van der Waals surface area contributed by atoms with Crippen LogP contribution in [0.1, 0.15) is 5.56 Å². The maximum atomic E-state index is 10.6. The summed E-state index contributed by atoms with van der Waals surface area (Å²) in [6.07, 6.45) is 0.866. The number of benzene rings is 1. The molecule has 1 aromatic carbocycles. The molecule has 0 unspecified atom stereocenters. The zero-order valence-electron chi connectivity index (χ0n) is 7.89. The second-order valence-corrected chi connectivity index (χ2v) is 10.4. The van der Waals surface area contributed by atoms with Gasteiger partial charge < -0.3 is 0 Å². The van der Waals surface area contributed by atoms with Crippen LogP contribution in [0.15, 0.2) is 32.6 Å². The first-order valence-corrected chi connectivity index (χ1v) is 12.5. The summed E-state index contributed by atoms with van der Waals surface area (Å²) in [5.41, 5.74) is 2.11. The SMILES string of the molecule is Cc1cccc(N2N=I[I-]C(C=O)=N2)c1. The topological polar surface area (TPSA) is 45.0 Å². The molecule has 80 valence electrons. The van der Waals surface area contributed by atoms with Crippen LogP contribution >= 0.6 is 17.1 Å². The number of carbonyl (C=O) groups excluding carboxylic acids is 1. The average Bonchev–Trinajstić information content (AvgIpc) is 2.29. The summed E-state index contributed by atoms with van der Waals surface area (Å²) in [5.74, 6) is 0. The van der Waals surface area contributed by atoms with Crippen LogP contribution in [0.5, 0.6) is 0 Å². The monoisotopic (exact) mass is 428 g/mol. The second kappa shape index (κ2) is 5.10. The van der Waals surface area contributed by atoms with E-state index in [4.69, 9.17) is 0 Å². The van der Waals surface area contributed by atoms with Crippen LogP contribution < -0.4 is 22.3 Å². The van der Waals surface area contributed by atoms with E-state index in [0.29, 0.717) is 3.72 Å². The van der Waals surface area contributed by atoms with Crippen molar-refractivity contribution >= 4 is 32.8 Å². The second-order valence-electron chi connectivity index (χ2n) is 2.88. The van der Waals surface area contributed by atoms with Gasteiger partial charge in [-0.3, -0.25) is 0 Å². The predicted molar refractivity (Wildman–Crippen MR) is 63.6 cm³/mol.